The smallest absolute Gasteiger partial charge is 0.238 e. The summed E-state index contributed by atoms with van der Waals surface area (Å²) in [5.74, 6) is 0.0227. The molecular weight excluding hydrogens is 320 g/mol. The molecule has 0 aliphatic heterocycles. The summed E-state index contributed by atoms with van der Waals surface area (Å²) in [6.07, 6.45) is 1.88. The fourth-order valence-corrected chi connectivity index (χ4v) is 3.20. The van der Waals surface area contributed by atoms with Gasteiger partial charge in [0.05, 0.1) is 4.90 Å². The maximum atomic E-state index is 11.7. The van der Waals surface area contributed by atoms with E-state index in [1.54, 1.807) is 23.5 Å². The van der Waals surface area contributed by atoms with Crippen molar-refractivity contribution >= 4 is 27.3 Å². The van der Waals surface area contributed by atoms with Crippen LogP contribution in [0.4, 0.5) is 0 Å². The summed E-state index contributed by atoms with van der Waals surface area (Å²) in [5.41, 5.74) is 0.950. The summed E-state index contributed by atoms with van der Waals surface area (Å²) >= 11 is 1.65. The molecule has 0 spiro atoms. The van der Waals surface area contributed by atoms with E-state index in [0.717, 1.165) is 12.0 Å². The van der Waals surface area contributed by atoms with Gasteiger partial charge in [-0.1, -0.05) is 18.2 Å². The van der Waals surface area contributed by atoms with E-state index >= 15 is 0 Å². The first-order valence-corrected chi connectivity index (χ1v) is 9.28. The van der Waals surface area contributed by atoms with Crippen molar-refractivity contribution in [2.24, 2.45) is 5.14 Å². The summed E-state index contributed by atoms with van der Waals surface area (Å²) in [7, 11) is -3.65. The van der Waals surface area contributed by atoms with Crippen molar-refractivity contribution < 1.29 is 13.2 Å². The molecule has 5 nitrogen and oxygen atoms in total. The number of sulfonamides is 1. The van der Waals surface area contributed by atoms with Gasteiger partial charge in [0.15, 0.2) is 0 Å². The van der Waals surface area contributed by atoms with E-state index in [-0.39, 0.29) is 10.8 Å². The number of thiophene rings is 1. The first kappa shape index (κ1) is 16.7. The Hall–Kier alpha value is -1.70. The molecule has 1 aromatic heterocycles. The first-order valence-electron chi connectivity index (χ1n) is 6.86. The average molecular weight is 338 g/mol. The zero-order valence-corrected chi connectivity index (χ0v) is 13.6. The van der Waals surface area contributed by atoms with Crippen LogP contribution in [0, 0.1) is 0 Å². The van der Waals surface area contributed by atoms with Crippen LogP contribution in [-0.4, -0.2) is 20.9 Å². The van der Waals surface area contributed by atoms with Gasteiger partial charge in [0.2, 0.25) is 15.9 Å². The third-order valence-corrected chi connectivity index (χ3v) is 5.03. The maximum absolute atomic E-state index is 11.7. The van der Waals surface area contributed by atoms with E-state index in [1.165, 1.54) is 17.0 Å². The lowest BCUT2D eigenvalue weighted by molar-refractivity contribution is -0.121. The fraction of sp³-hybridized carbons (Fsp3) is 0.267. The van der Waals surface area contributed by atoms with Crippen molar-refractivity contribution in [2.75, 3.05) is 6.54 Å². The minimum Gasteiger partial charge on any atom is -0.356 e. The zero-order valence-electron chi connectivity index (χ0n) is 12.0. The molecule has 0 aliphatic carbocycles. The fourth-order valence-electron chi connectivity index (χ4n) is 1.97. The normalized spacial score (nSPS) is 11.3. The van der Waals surface area contributed by atoms with Crippen LogP contribution >= 0.6 is 11.3 Å². The third kappa shape index (κ3) is 5.25. The van der Waals surface area contributed by atoms with E-state index < -0.39 is 10.0 Å². The molecule has 2 rings (SSSR count). The van der Waals surface area contributed by atoms with Crippen molar-refractivity contribution in [3.63, 3.8) is 0 Å². The molecular formula is C15H18N2O3S2. The number of primary sulfonamides is 1. The maximum Gasteiger partial charge on any atom is 0.238 e. The molecule has 118 valence electrons. The van der Waals surface area contributed by atoms with Gasteiger partial charge in [-0.25, -0.2) is 13.6 Å². The molecule has 7 heteroatoms. The summed E-state index contributed by atoms with van der Waals surface area (Å²) in [4.78, 5) is 13.0. The number of hydrogen-bond donors (Lipinski definition) is 2. The molecule has 0 bridgehead atoms. The second-order valence-electron chi connectivity index (χ2n) is 4.87. The Morgan fingerprint density at radius 1 is 1.14 bits per heavy atom. The second kappa shape index (κ2) is 7.53. The monoisotopic (exact) mass is 338 g/mol. The summed E-state index contributed by atoms with van der Waals surface area (Å²) < 4.78 is 22.3. The molecule has 0 saturated heterocycles. The molecule has 22 heavy (non-hydrogen) atoms. The van der Waals surface area contributed by atoms with Gasteiger partial charge in [0.25, 0.3) is 0 Å². The molecule has 0 fully saturated rings. The van der Waals surface area contributed by atoms with Gasteiger partial charge in [-0.05, 0) is 42.0 Å². The SMILES string of the molecule is NS(=O)(=O)c1ccc(CCNC(=O)CCc2cccs2)cc1. The van der Waals surface area contributed by atoms with Gasteiger partial charge >= 0.3 is 0 Å². The number of rotatable bonds is 7. The highest BCUT2D eigenvalue weighted by atomic mass is 32.2. The van der Waals surface area contributed by atoms with E-state index in [0.29, 0.717) is 19.4 Å². The number of amides is 1. The van der Waals surface area contributed by atoms with Crippen LogP contribution in [0.15, 0.2) is 46.7 Å². The number of benzene rings is 1. The molecule has 1 aromatic carbocycles. The van der Waals surface area contributed by atoms with Crippen LogP contribution < -0.4 is 10.5 Å². The Kier molecular flexibility index (Phi) is 5.70. The minimum absolute atomic E-state index is 0.0227. The number of aryl methyl sites for hydroxylation is 1. The van der Waals surface area contributed by atoms with Crippen molar-refractivity contribution in [3.05, 3.63) is 52.2 Å². The molecule has 2 aromatic rings. The average Bonchev–Trinajstić information content (AvgIpc) is 2.98. The van der Waals surface area contributed by atoms with E-state index in [4.69, 9.17) is 5.14 Å². The Bertz CT molecular complexity index is 708. The molecule has 0 atom stereocenters. The molecule has 3 N–H and O–H groups in total. The lowest BCUT2D eigenvalue weighted by atomic mass is 10.1. The van der Waals surface area contributed by atoms with E-state index in [2.05, 4.69) is 5.32 Å². The molecule has 1 amide bonds. The summed E-state index contributed by atoms with van der Waals surface area (Å²) in [6.45, 7) is 0.526. The van der Waals surface area contributed by atoms with Gasteiger partial charge in [-0.2, -0.15) is 0 Å². The van der Waals surface area contributed by atoms with E-state index in [9.17, 15) is 13.2 Å². The Morgan fingerprint density at radius 3 is 2.45 bits per heavy atom. The summed E-state index contributed by atoms with van der Waals surface area (Å²) in [5, 5.41) is 9.90. The molecule has 1 heterocycles. The number of carbonyl (C=O) groups excluding carboxylic acids is 1. The van der Waals surface area contributed by atoms with Crippen LogP contribution in [0.5, 0.6) is 0 Å². The summed E-state index contributed by atoms with van der Waals surface area (Å²) in [6, 6.07) is 10.4. The lowest BCUT2D eigenvalue weighted by Gasteiger charge is -2.06. The quantitative estimate of drug-likeness (QED) is 0.805. The Balaban J connectivity index is 1.73. The molecule has 0 saturated carbocycles. The second-order valence-corrected chi connectivity index (χ2v) is 7.46. The Labute approximate surface area is 134 Å². The van der Waals surface area contributed by atoms with Crippen molar-refractivity contribution in [2.45, 2.75) is 24.2 Å². The highest BCUT2D eigenvalue weighted by Crippen LogP contribution is 2.11. The highest BCUT2D eigenvalue weighted by Gasteiger charge is 2.07. The van der Waals surface area contributed by atoms with Crippen LogP contribution in [0.1, 0.15) is 16.9 Å². The number of hydrogen-bond acceptors (Lipinski definition) is 4. The largest absolute Gasteiger partial charge is 0.356 e. The van der Waals surface area contributed by atoms with Crippen LogP contribution in [-0.2, 0) is 27.7 Å². The molecule has 0 unspecified atom stereocenters. The van der Waals surface area contributed by atoms with Gasteiger partial charge in [-0.3, -0.25) is 4.79 Å². The van der Waals surface area contributed by atoms with Crippen LogP contribution in [0.3, 0.4) is 0 Å². The van der Waals surface area contributed by atoms with E-state index in [1.807, 2.05) is 17.5 Å². The molecule has 0 radical (unpaired) electrons. The first-order chi connectivity index (χ1) is 10.4. The van der Waals surface area contributed by atoms with Gasteiger partial charge in [0.1, 0.15) is 0 Å². The van der Waals surface area contributed by atoms with Gasteiger partial charge < -0.3 is 5.32 Å². The Morgan fingerprint density at radius 2 is 1.86 bits per heavy atom. The van der Waals surface area contributed by atoms with Crippen molar-refractivity contribution in [1.82, 2.24) is 5.32 Å². The zero-order chi connectivity index (χ0) is 16.0. The predicted molar refractivity (Wildman–Crippen MR) is 87.2 cm³/mol. The predicted octanol–water partition coefficient (Wildman–Crippen LogP) is 1.69. The number of carbonyl (C=O) groups is 1. The molecule has 0 aliphatic rings. The number of nitrogens with two attached hydrogens (primary N) is 1. The third-order valence-electron chi connectivity index (χ3n) is 3.17. The topological polar surface area (TPSA) is 89.3 Å². The standard InChI is InChI=1S/C15H18N2O3S2/c16-22(19,20)14-6-3-12(4-7-14)9-10-17-15(18)8-5-13-2-1-11-21-13/h1-4,6-7,11H,5,8-10H2,(H,17,18)(H2,16,19,20). The minimum atomic E-state index is -3.65. The number of nitrogens with one attached hydrogen (secondary N) is 1. The van der Waals surface area contributed by atoms with Gasteiger partial charge in [-0.15, -0.1) is 11.3 Å². The van der Waals surface area contributed by atoms with Crippen LogP contribution in [0.2, 0.25) is 0 Å². The van der Waals surface area contributed by atoms with Crippen LogP contribution in [0.25, 0.3) is 0 Å². The van der Waals surface area contributed by atoms with Gasteiger partial charge in [0, 0.05) is 17.8 Å². The highest BCUT2D eigenvalue weighted by molar-refractivity contribution is 7.89. The lowest BCUT2D eigenvalue weighted by Crippen LogP contribution is -2.25. The van der Waals surface area contributed by atoms with Crippen molar-refractivity contribution in [3.8, 4) is 0 Å². The van der Waals surface area contributed by atoms with Crippen molar-refractivity contribution in [1.29, 1.82) is 0 Å².